The van der Waals surface area contributed by atoms with Crippen molar-refractivity contribution in [2.24, 2.45) is 0 Å². The van der Waals surface area contributed by atoms with Gasteiger partial charge in [-0.3, -0.25) is 4.98 Å². The van der Waals surface area contributed by atoms with Gasteiger partial charge in [0, 0.05) is 17.5 Å². The van der Waals surface area contributed by atoms with E-state index in [4.69, 9.17) is 11.6 Å². The van der Waals surface area contributed by atoms with Crippen LogP contribution in [0.3, 0.4) is 0 Å². The summed E-state index contributed by atoms with van der Waals surface area (Å²) in [6.07, 6.45) is 1.23. The SMILES string of the molecule is CC(NCc1ccc(Cl)s1)c1ccc(F)cn1. The summed E-state index contributed by atoms with van der Waals surface area (Å²) in [6.45, 7) is 2.73. The summed E-state index contributed by atoms with van der Waals surface area (Å²) >= 11 is 7.40. The zero-order valence-electron chi connectivity index (χ0n) is 9.28. The Morgan fingerprint density at radius 1 is 1.41 bits per heavy atom. The molecule has 2 rings (SSSR count). The van der Waals surface area contributed by atoms with E-state index in [9.17, 15) is 4.39 Å². The van der Waals surface area contributed by atoms with Crippen molar-refractivity contribution in [3.63, 3.8) is 0 Å². The molecule has 0 saturated carbocycles. The maximum atomic E-state index is 12.7. The second-order valence-corrected chi connectivity index (χ2v) is 5.51. The van der Waals surface area contributed by atoms with Crippen molar-refractivity contribution in [1.29, 1.82) is 0 Å². The third-order valence-electron chi connectivity index (χ3n) is 2.41. The van der Waals surface area contributed by atoms with Gasteiger partial charge < -0.3 is 5.32 Å². The average Bonchev–Trinajstić information content (AvgIpc) is 2.73. The zero-order chi connectivity index (χ0) is 12.3. The molecule has 90 valence electrons. The van der Waals surface area contributed by atoms with E-state index >= 15 is 0 Å². The van der Waals surface area contributed by atoms with Crippen LogP contribution in [0.5, 0.6) is 0 Å². The Morgan fingerprint density at radius 3 is 2.82 bits per heavy atom. The Hall–Kier alpha value is -0.970. The molecule has 0 aliphatic rings. The number of thiophene rings is 1. The molecule has 0 fully saturated rings. The third-order valence-corrected chi connectivity index (χ3v) is 3.64. The number of aromatic nitrogens is 1. The number of nitrogens with zero attached hydrogens (tertiary/aromatic N) is 1. The second-order valence-electron chi connectivity index (χ2n) is 3.71. The van der Waals surface area contributed by atoms with Crippen molar-refractivity contribution in [3.05, 3.63) is 51.2 Å². The van der Waals surface area contributed by atoms with Gasteiger partial charge >= 0.3 is 0 Å². The highest BCUT2D eigenvalue weighted by molar-refractivity contribution is 7.16. The van der Waals surface area contributed by atoms with Crippen LogP contribution in [0.4, 0.5) is 4.39 Å². The van der Waals surface area contributed by atoms with E-state index < -0.39 is 0 Å². The lowest BCUT2D eigenvalue weighted by Crippen LogP contribution is -2.18. The molecule has 1 N–H and O–H groups in total. The highest BCUT2D eigenvalue weighted by Gasteiger charge is 2.07. The zero-order valence-corrected chi connectivity index (χ0v) is 10.9. The highest BCUT2D eigenvalue weighted by Crippen LogP contribution is 2.22. The Kier molecular flexibility index (Phi) is 4.10. The van der Waals surface area contributed by atoms with E-state index in [-0.39, 0.29) is 11.9 Å². The van der Waals surface area contributed by atoms with E-state index in [1.807, 2.05) is 19.1 Å². The van der Waals surface area contributed by atoms with Crippen molar-refractivity contribution in [3.8, 4) is 0 Å². The van der Waals surface area contributed by atoms with Crippen LogP contribution in [0.1, 0.15) is 23.5 Å². The molecule has 2 aromatic heterocycles. The molecule has 0 aromatic carbocycles. The smallest absolute Gasteiger partial charge is 0.141 e. The lowest BCUT2D eigenvalue weighted by Gasteiger charge is -2.12. The van der Waals surface area contributed by atoms with Gasteiger partial charge in [0.05, 0.1) is 16.2 Å². The fourth-order valence-electron chi connectivity index (χ4n) is 1.45. The molecular weight excluding hydrogens is 259 g/mol. The van der Waals surface area contributed by atoms with Gasteiger partial charge in [0.1, 0.15) is 5.82 Å². The summed E-state index contributed by atoms with van der Waals surface area (Å²) in [5.41, 5.74) is 0.828. The second kappa shape index (κ2) is 5.58. The summed E-state index contributed by atoms with van der Waals surface area (Å²) in [5, 5.41) is 3.31. The van der Waals surface area contributed by atoms with Gasteiger partial charge in [0.25, 0.3) is 0 Å². The fourth-order valence-corrected chi connectivity index (χ4v) is 2.49. The topological polar surface area (TPSA) is 24.9 Å². The first-order chi connectivity index (χ1) is 8.15. The summed E-state index contributed by atoms with van der Waals surface area (Å²) in [7, 11) is 0. The maximum absolute atomic E-state index is 12.7. The molecule has 0 aliphatic heterocycles. The Balaban J connectivity index is 1.93. The minimum atomic E-state index is -0.314. The predicted octanol–water partition coefficient (Wildman–Crippen LogP) is 3.79. The minimum Gasteiger partial charge on any atom is -0.304 e. The first-order valence-corrected chi connectivity index (χ1v) is 6.43. The third kappa shape index (κ3) is 3.49. The van der Waals surface area contributed by atoms with Crippen LogP contribution in [0, 0.1) is 5.82 Å². The largest absolute Gasteiger partial charge is 0.304 e. The maximum Gasteiger partial charge on any atom is 0.141 e. The predicted molar refractivity (Wildman–Crippen MR) is 68.8 cm³/mol. The van der Waals surface area contributed by atoms with Crippen molar-refractivity contribution >= 4 is 22.9 Å². The van der Waals surface area contributed by atoms with Crippen molar-refractivity contribution in [2.45, 2.75) is 19.5 Å². The molecule has 2 nitrogen and oxygen atoms in total. The Labute approximate surface area is 108 Å². The molecule has 2 aromatic rings. The van der Waals surface area contributed by atoms with Crippen LogP contribution >= 0.6 is 22.9 Å². The molecule has 17 heavy (non-hydrogen) atoms. The quantitative estimate of drug-likeness (QED) is 0.914. The van der Waals surface area contributed by atoms with Crippen LogP contribution in [-0.4, -0.2) is 4.98 Å². The van der Waals surface area contributed by atoms with Gasteiger partial charge in [-0.15, -0.1) is 11.3 Å². The van der Waals surface area contributed by atoms with Crippen molar-refractivity contribution in [2.75, 3.05) is 0 Å². The first kappa shape index (κ1) is 12.5. The molecule has 5 heteroatoms. The van der Waals surface area contributed by atoms with Crippen LogP contribution in [0.2, 0.25) is 4.34 Å². The van der Waals surface area contributed by atoms with E-state index in [1.165, 1.54) is 17.1 Å². The molecular formula is C12H12ClFN2S. The minimum absolute atomic E-state index is 0.0801. The Bertz CT molecular complexity index is 484. The lowest BCUT2D eigenvalue weighted by atomic mass is 10.2. The molecule has 2 heterocycles. The van der Waals surface area contributed by atoms with Gasteiger partial charge in [-0.05, 0) is 31.2 Å². The summed E-state index contributed by atoms with van der Waals surface area (Å²) in [4.78, 5) is 5.21. The van der Waals surface area contributed by atoms with Gasteiger partial charge in [-0.1, -0.05) is 11.6 Å². The molecule has 0 aliphatic carbocycles. The molecule has 0 saturated heterocycles. The van der Waals surface area contributed by atoms with E-state index in [1.54, 1.807) is 17.4 Å². The van der Waals surface area contributed by atoms with E-state index in [2.05, 4.69) is 10.3 Å². The highest BCUT2D eigenvalue weighted by atomic mass is 35.5. The number of hydrogen-bond acceptors (Lipinski definition) is 3. The van der Waals surface area contributed by atoms with Crippen LogP contribution in [-0.2, 0) is 6.54 Å². The van der Waals surface area contributed by atoms with Gasteiger partial charge in [0.15, 0.2) is 0 Å². The summed E-state index contributed by atoms with van der Waals surface area (Å²) in [5.74, 6) is -0.314. The number of nitrogens with one attached hydrogen (secondary N) is 1. The number of pyridine rings is 1. The van der Waals surface area contributed by atoms with Gasteiger partial charge in [0.2, 0.25) is 0 Å². The van der Waals surface area contributed by atoms with Crippen LogP contribution in [0.25, 0.3) is 0 Å². The molecule has 0 radical (unpaired) electrons. The summed E-state index contributed by atoms with van der Waals surface area (Å²) in [6, 6.07) is 7.06. The molecule has 0 spiro atoms. The van der Waals surface area contributed by atoms with Crippen molar-refractivity contribution < 1.29 is 4.39 Å². The first-order valence-electron chi connectivity index (χ1n) is 5.24. The molecule has 1 atom stereocenters. The van der Waals surface area contributed by atoms with Crippen LogP contribution in [0.15, 0.2) is 30.5 Å². The lowest BCUT2D eigenvalue weighted by molar-refractivity contribution is 0.558. The van der Waals surface area contributed by atoms with Crippen molar-refractivity contribution in [1.82, 2.24) is 10.3 Å². The van der Waals surface area contributed by atoms with E-state index in [0.29, 0.717) is 0 Å². The fraction of sp³-hybridized carbons (Fsp3) is 0.250. The monoisotopic (exact) mass is 270 g/mol. The average molecular weight is 271 g/mol. The molecule has 1 unspecified atom stereocenters. The summed E-state index contributed by atoms with van der Waals surface area (Å²) < 4.78 is 13.5. The van der Waals surface area contributed by atoms with Gasteiger partial charge in [-0.25, -0.2) is 4.39 Å². The number of rotatable bonds is 4. The number of hydrogen-bond donors (Lipinski definition) is 1. The number of halogens is 2. The van der Waals surface area contributed by atoms with Crippen LogP contribution < -0.4 is 5.32 Å². The normalized spacial score (nSPS) is 12.6. The Morgan fingerprint density at radius 2 is 2.24 bits per heavy atom. The molecule has 0 amide bonds. The van der Waals surface area contributed by atoms with E-state index in [0.717, 1.165) is 16.6 Å². The standard InChI is InChI=1S/C12H12ClFN2S/c1-8(11-4-2-9(14)6-16-11)15-7-10-3-5-12(13)17-10/h2-6,8,15H,7H2,1H3. The molecule has 0 bridgehead atoms. The van der Waals surface area contributed by atoms with Gasteiger partial charge in [-0.2, -0.15) is 0 Å².